The Morgan fingerprint density at radius 1 is 1.32 bits per heavy atom. The number of rotatable bonds is 3. The van der Waals surface area contributed by atoms with Crippen LogP contribution in [0.25, 0.3) is 6.08 Å². The molecule has 0 saturated heterocycles. The van der Waals surface area contributed by atoms with Crippen molar-refractivity contribution in [2.75, 3.05) is 7.11 Å². The second-order valence-corrected chi connectivity index (χ2v) is 5.85. The molecule has 2 rings (SSSR count). The summed E-state index contributed by atoms with van der Waals surface area (Å²) in [6.07, 6.45) is 5.10. The molecule has 0 heterocycles. The molecule has 1 nitrogen and oxygen atoms in total. The lowest BCUT2D eigenvalue weighted by atomic mass is 9.86. The molecule has 19 heavy (non-hydrogen) atoms. The third-order valence-electron chi connectivity index (χ3n) is 3.50. The zero-order chi connectivity index (χ0) is 13.9. The Morgan fingerprint density at radius 2 is 2.00 bits per heavy atom. The van der Waals surface area contributed by atoms with Gasteiger partial charge in [0.05, 0.1) is 7.11 Å². The highest BCUT2D eigenvalue weighted by molar-refractivity contribution is 9.10. The molecule has 1 aliphatic rings. The Morgan fingerprint density at radius 3 is 2.63 bits per heavy atom. The molecule has 0 N–H and O–H groups in total. The van der Waals surface area contributed by atoms with E-state index in [1.807, 2.05) is 30.4 Å². The lowest BCUT2D eigenvalue weighted by molar-refractivity contribution is -0.0410. The number of methoxy groups -OCH3 is 1. The van der Waals surface area contributed by atoms with Gasteiger partial charge in [-0.3, -0.25) is 0 Å². The van der Waals surface area contributed by atoms with Gasteiger partial charge in [-0.15, -0.1) is 0 Å². The van der Waals surface area contributed by atoms with E-state index in [-0.39, 0.29) is 18.8 Å². The fraction of sp³-hybridized carbons (Fsp3) is 0.467. The third kappa shape index (κ3) is 4.03. The number of benzene rings is 1. The van der Waals surface area contributed by atoms with Crippen molar-refractivity contribution in [2.45, 2.75) is 31.6 Å². The van der Waals surface area contributed by atoms with E-state index in [4.69, 9.17) is 4.74 Å². The van der Waals surface area contributed by atoms with E-state index in [0.29, 0.717) is 12.8 Å². The summed E-state index contributed by atoms with van der Waals surface area (Å²) in [5, 5.41) is 0. The lowest BCUT2D eigenvalue weighted by Gasteiger charge is -2.26. The average Bonchev–Trinajstić information content (AvgIpc) is 2.38. The Labute approximate surface area is 120 Å². The number of ether oxygens (including phenoxy) is 1. The van der Waals surface area contributed by atoms with Gasteiger partial charge in [0, 0.05) is 22.9 Å². The largest absolute Gasteiger partial charge is 0.496 e. The van der Waals surface area contributed by atoms with Gasteiger partial charge in [0.15, 0.2) is 0 Å². The van der Waals surface area contributed by atoms with Crippen LogP contribution in [-0.4, -0.2) is 13.0 Å². The van der Waals surface area contributed by atoms with Crippen molar-refractivity contribution in [1.82, 2.24) is 0 Å². The van der Waals surface area contributed by atoms with Crippen molar-refractivity contribution in [2.24, 2.45) is 5.92 Å². The molecule has 104 valence electrons. The molecule has 0 amide bonds. The first-order valence-electron chi connectivity index (χ1n) is 6.40. The van der Waals surface area contributed by atoms with Gasteiger partial charge in [0.2, 0.25) is 5.92 Å². The van der Waals surface area contributed by atoms with Crippen molar-refractivity contribution >= 4 is 22.0 Å². The van der Waals surface area contributed by atoms with Crippen molar-refractivity contribution < 1.29 is 13.5 Å². The van der Waals surface area contributed by atoms with Crippen molar-refractivity contribution in [3.63, 3.8) is 0 Å². The van der Waals surface area contributed by atoms with E-state index in [2.05, 4.69) is 15.9 Å². The first kappa shape index (κ1) is 14.5. The second kappa shape index (κ2) is 6.04. The summed E-state index contributed by atoms with van der Waals surface area (Å²) in [7, 11) is 1.63. The van der Waals surface area contributed by atoms with Gasteiger partial charge in [0.25, 0.3) is 0 Å². The molecule has 1 saturated carbocycles. The van der Waals surface area contributed by atoms with Crippen molar-refractivity contribution in [3.05, 3.63) is 34.3 Å². The molecule has 0 unspecified atom stereocenters. The maximum Gasteiger partial charge on any atom is 0.248 e. The Bertz CT molecular complexity index is 461. The van der Waals surface area contributed by atoms with E-state index in [9.17, 15) is 8.78 Å². The van der Waals surface area contributed by atoms with Gasteiger partial charge in [-0.25, -0.2) is 8.78 Å². The zero-order valence-corrected chi connectivity index (χ0v) is 12.4. The number of halogens is 3. The minimum absolute atomic E-state index is 0.00236. The van der Waals surface area contributed by atoms with Gasteiger partial charge in [-0.05, 0) is 37.0 Å². The topological polar surface area (TPSA) is 9.23 Å². The molecule has 0 spiro atoms. The highest BCUT2D eigenvalue weighted by Crippen LogP contribution is 2.37. The molecule has 0 aliphatic heterocycles. The molecule has 0 aromatic heterocycles. The number of allylic oxidation sites excluding steroid dienone is 1. The Balaban J connectivity index is 2.05. The average molecular weight is 331 g/mol. The van der Waals surface area contributed by atoms with Crippen LogP contribution in [0.5, 0.6) is 5.75 Å². The number of alkyl halides is 2. The summed E-state index contributed by atoms with van der Waals surface area (Å²) in [4.78, 5) is 0. The summed E-state index contributed by atoms with van der Waals surface area (Å²) in [5.41, 5.74) is 0.967. The summed E-state index contributed by atoms with van der Waals surface area (Å²) in [6, 6.07) is 5.77. The maximum atomic E-state index is 13.1. The zero-order valence-electron chi connectivity index (χ0n) is 10.8. The SMILES string of the molecule is COc1ccc(Br)cc1C=CC1CCC(F)(F)CC1. The van der Waals surface area contributed by atoms with Gasteiger partial charge in [0.1, 0.15) is 5.75 Å². The maximum absolute atomic E-state index is 13.1. The monoisotopic (exact) mass is 330 g/mol. The lowest BCUT2D eigenvalue weighted by Crippen LogP contribution is -2.23. The molecular weight excluding hydrogens is 314 g/mol. The molecule has 0 atom stereocenters. The number of hydrogen-bond acceptors (Lipinski definition) is 1. The fourth-order valence-corrected chi connectivity index (χ4v) is 2.71. The van der Waals surface area contributed by atoms with Crippen molar-refractivity contribution in [1.29, 1.82) is 0 Å². The first-order chi connectivity index (χ1) is 9.00. The van der Waals surface area contributed by atoms with Gasteiger partial charge in [-0.2, -0.15) is 0 Å². The molecule has 1 aromatic rings. The highest BCUT2D eigenvalue weighted by atomic mass is 79.9. The van der Waals surface area contributed by atoms with Crippen LogP contribution in [0, 0.1) is 5.92 Å². The van der Waals surface area contributed by atoms with Crippen LogP contribution in [0.4, 0.5) is 8.78 Å². The second-order valence-electron chi connectivity index (χ2n) is 4.94. The molecule has 1 fully saturated rings. The van der Waals surface area contributed by atoms with Crippen LogP contribution in [0.3, 0.4) is 0 Å². The van der Waals surface area contributed by atoms with Gasteiger partial charge in [-0.1, -0.05) is 28.1 Å². The van der Waals surface area contributed by atoms with Crippen LogP contribution in [0.2, 0.25) is 0 Å². The standard InChI is InChI=1S/C15H17BrF2O/c1-19-14-5-4-13(16)10-12(14)3-2-11-6-8-15(17,18)9-7-11/h2-5,10-11H,6-9H2,1H3. The van der Waals surface area contributed by atoms with Crippen molar-refractivity contribution in [3.8, 4) is 5.75 Å². The Kier molecular flexibility index (Phi) is 4.61. The summed E-state index contributed by atoms with van der Waals surface area (Å²) in [5.74, 6) is -1.43. The molecule has 0 bridgehead atoms. The molecule has 1 aliphatic carbocycles. The summed E-state index contributed by atoms with van der Waals surface area (Å²) >= 11 is 3.42. The van der Waals surface area contributed by atoms with E-state index >= 15 is 0 Å². The van der Waals surface area contributed by atoms with Gasteiger partial charge < -0.3 is 4.74 Å². The van der Waals surface area contributed by atoms with E-state index in [1.165, 1.54) is 0 Å². The van der Waals surface area contributed by atoms with E-state index in [0.717, 1.165) is 15.8 Å². The molecule has 1 aromatic carbocycles. The van der Waals surface area contributed by atoms with Crippen LogP contribution in [0.1, 0.15) is 31.2 Å². The predicted molar refractivity (Wildman–Crippen MR) is 76.6 cm³/mol. The van der Waals surface area contributed by atoms with Crippen LogP contribution in [-0.2, 0) is 0 Å². The van der Waals surface area contributed by atoms with Crippen LogP contribution < -0.4 is 4.74 Å². The molecule has 4 heteroatoms. The van der Waals surface area contributed by atoms with Crippen LogP contribution in [0.15, 0.2) is 28.7 Å². The fourth-order valence-electron chi connectivity index (χ4n) is 2.33. The Hall–Kier alpha value is -0.900. The van der Waals surface area contributed by atoms with Crippen LogP contribution >= 0.6 is 15.9 Å². The third-order valence-corrected chi connectivity index (χ3v) is 3.99. The highest BCUT2D eigenvalue weighted by Gasteiger charge is 2.33. The minimum atomic E-state index is -2.46. The quantitative estimate of drug-likeness (QED) is 0.731. The van der Waals surface area contributed by atoms with Gasteiger partial charge >= 0.3 is 0 Å². The van der Waals surface area contributed by atoms with E-state index in [1.54, 1.807) is 7.11 Å². The van der Waals surface area contributed by atoms with E-state index < -0.39 is 5.92 Å². The molecular formula is C15H17BrF2O. The summed E-state index contributed by atoms with van der Waals surface area (Å²) in [6.45, 7) is 0. The minimum Gasteiger partial charge on any atom is -0.496 e. The summed E-state index contributed by atoms with van der Waals surface area (Å²) < 4.78 is 32.4. The number of hydrogen-bond donors (Lipinski definition) is 0. The first-order valence-corrected chi connectivity index (χ1v) is 7.19. The smallest absolute Gasteiger partial charge is 0.248 e. The molecule has 0 radical (unpaired) electrons. The normalized spacial score (nSPS) is 19.8. The predicted octanol–water partition coefficient (Wildman–Crippen LogP) is 5.30.